The van der Waals surface area contributed by atoms with Crippen LogP contribution in [-0.2, 0) is 6.54 Å². The van der Waals surface area contributed by atoms with Gasteiger partial charge in [0, 0.05) is 18.3 Å². The van der Waals surface area contributed by atoms with Gasteiger partial charge < -0.3 is 5.73 Å². The highest BCUT2D eigenvalue weighted by Gasteiger charge is 2.12. The second-order valence-electron chi connectivity index (χ2n) is 3.32. The van der Waals surface area contributed by atoms with E-state index in [1.54, 1.807) is 6.92 Å². The average molecular weight is 241 g/mol. The van der Waals surface area contributed by atoms with Crippen LogP contribution in [0.3, 0.4) is 0 Å². The molecule has 2 aromatic heterocycles. The van der Waals surface area contributed by atoms with Gasteiger partial charge in [0.15, 0.2) is 11.6 Å². The number of aryl methyl sites for hydroxylation is 1. The second-order valence-corrected chi connectivity index (χ2v) is 3.73. The van der Waals surface area contributed by atoms with E-state index in [4.69, 9.17) is 17.3 Å². The van der Waals surface area contributed by atoms with Crippen LogP contribution in [0.15, 0.2) is 18.5 Å². The number of pyridine rings is 1. The van der Waals surface area contributed by atoms with Crippen molar-refractivity contribution >= 4 is 11.6 Å². The molecule has 16 heavy (non-hydrogen) atoms. The summed E-state index contributed by atoms with van der Waals surface area (Å²) in [5.74, 6) is -0.359. The van der Waals surface area contributed by atoms with Gasteiger partial charge in [0.05, 0.1) is 16.9 Å². The first-order valence-corrected chi connectivity index (χ1v) is 5.07. The van der Waals surface area contributed by atoms with Crippen LogP contribution in [0.1, 0.15) is 11.3 Å². The van der Waals surface area contributed by atoms with Gasteiger partial charge in [0.25, 0.3) is 0 Å². The van der Waals surface area contributed by atoms with E-state index < -0.39 is 5.82 Å². The highest BCUT2D eigenvalue weighted by molar-refractivity contribution is 6.31. The third-order valence-electron chi connectivity index (χ3n) is 2.23. The van der Waals surface area contributed by atoms with Crippen LogP contribution in [-0.4, -0.2) is 14.8 Å². The Labute approximate surface area is 96.9 Å². The summed E-state index contributed by atoms with van der Waals surface area (Å²) in [7, 11) is 0. The molecule has 0 saturated carbocycles. The van der Waals surface area contributed by atoms with Gasteiger partial charge >= 0.3 is 0 Å². The van der Waals surface area contributed by atoms with Crippen molar-refractivity contribution < 1.29 is 4.39 Å². The third-order valence-corrected chi connectivity index (χ3v) is 2.60. The number of nitrogens with zero attached hydrogens (tertiary/aromatic N) is 3. The molecule has 0 radical (unpaired) electrons. The molecule has 0 aliphatic heterocycles. The average Bonchev–Trinajstić information content (AvgIpc) is 2.59. The van der Waals surface area contributed by atoms with Crippen LogP contribution in [0, 0.1) is 12.7 Å². The van der Waals surface area contributed by atoms with Crippen molar-refractivity contribution in [2.45, 2.75) is 13.5 Å². The smallest absolute Gasteiger partial charge is 0.190 e. The molecule has 0 aliphatic rings. The van der Waals surface area contributed by atoms with E-state index in [2.05, 4.69) is 10.1 Å². The molecular weight excluding hydrogens is 231 g/mol. The molecule has 0 saturated heterocycles. The van der Waals surface area contributed by atoms with Crippen LogP contribution >= 0.6 is 11.6 Å². The maximum absolute atomic E-state index is 13.9. The summed E-state index contributed by atoms with van der Waals surface area (Å²) in [6.07, 6.45) is 3.01. The minimum Gasteiger partial charge on any atom is -0.326 e. The van der Waals surface area contributed by atoms with E-state index in [1.165, 1.54) is 23.1 Å². The van der Waals surface area contributed by atoms with Gasteiger partial charge in [-0.2, -0.15) is 5.10 Å². The SMILES string of the molecule is Cc1nn(-c2nccc(CN)c2F)cc1Cl. The minimum absolute atomic E-state index is 0.109. The molecule has 0 aromatic carbocycles. The number of halogens is 2. The Morgan fingerprint density at radius 2 is 2.31 bits per heavy atom. The normalized spacial score (nSPS) is 10.8. The molecule has 0 aliphatic carbocycles. The van der Waals surface area contributed by atoms with Crippen molar-refractivity contribution in [1.82, 2.24) is 14.8 Å². The van der Waals surface area contributed by atoms with E-state index in [9.17, 15) is 4.39 Å². The molecular formula is C10H10ClFN4. The lowest BCUT2D eigenvalue weighted by Crippen LogP contribution is -2.07. The van der Waals surface area contributed by atoms with E-state index in [1.807, 2.05) is 0 Å². The highest BCUT2D eigenvalue weighted by atomic mass is 35.5. The van der Waals surface area contributed by atoms with Crippen LogP contribution in [0.25, 0.3) is 5.82 Å². The van der Waals surface area contributed by atoms with Crippen LogP contribution < -0.4 is 5.73 Å². The van der Waals surface area contributed by atoms with Gasteiger partial charge in [-0.1, -0.05) is 11.6 Å². The van der Waals surface area contributed by atoms with Crippen molar-refractivity contribution in [1.29, 1.82) is 0 Å². The first-order valence-electron chi connectivity index (χ1n) is 4.69. The fraction of sp³-hybridized carbons (Fsp3) is 0.200. The van der Waals surface area contributed by atoms with Crippen molar-refractivity contribution in [3.05, 3.63) is 40.6 Å². The maximum Gasteiger partial charge on any atom is 0.190 e. The zero-order valence-electron chi connectivity index (χ0n) is 8.61. The Balaban J connectivity index is 2.55. The molecule has 2 heterocycles. The van der Waals surface area contributed by atoms with Crippen LogP contribution in [0.2, 0.25) is 5.02 Å². The van der Waals surface area contributed by atoms with E-state index in [-0.39, 0.29) is 12.4 Å². The summed E-state index contributed by atoms with van der Waals surface area (Å²) in [6, 6.07) is 1.54. The molecule has 2 rings (SSSR count). The Kier molecular flexibility index (Phi) is 2.89. The first-order chi connectivity index (χ1) is 7.63. The molecule has 2 N–H and O–H groups in total. The fourth-order valence-corrected chi connectivity index (χ4v) is 1.47. The summed E-state index contributed by atoms with van der Waals surface area (Å²) >= 11 is 5.85. The quantitative estimate of drug-likeness (QED) is 0.871. The van der Waals surface area contributed by atoms with Gasteiger partial charge in [-0.25, -0.2) is 14.1 Å². The molecule has 0 atom stereocenters. The second kappa shape index (κ2) is 4.19. The number of aromatic nitrogens is 3. The molecule has 6 heteroatoms. The topological polar surface area (TPSA) is 56.7 Å². The third kappa shape index (κ3) is 1.79. The molecule has 0 spiro atoms. The van der Waals surface area contributed by atoms with Crippen LogP contribution in [0.5, 0.6) is 0 Å². The zero-order valence-corrected chi connectivity index (χ0v) is 9.37. The van der Waals surface area contributed by atoms with E-state index in [0.29, 0.717) is 16.3 Å². The van der Waals surface area contributed by atoms with Crippen molar-refractivity contribution in [2.24, 2.45) is 5.73 Å². The Morgan fingerprint density at radius 3 is 2.88 bits per heavy atom. The molecule has 0 amide bonds. The standard InChI is InChI=1S/C10H10ClFN4/c1-6-8(11)5-16(15-6)10-9(12)7(4-13)2-3-14-10/h2-3,5H,4,13H2,1H3. The first kappa shape index (κ1) is 11.0. The van der Waals surface area contributed by atoms with Gasteiger partial charge in [-0.15, -0.1) is 0 Å². The van der Waals surface area contributed by atoms with Gasteiger partial charge in [-0.3, -0.25) is 0 Å². The summed E-state index contributed by atoms with van der Waals surface area (Å²) in [5.41, 5.74) is 6.43. The number of rotatable bonds is 2. The van der Waals surface area contributed by atoms with Crippen molar-refractivity contribution in [3.8, 4) is 5.82 Å². The Morgan fingerprint density at radius 1 is 1.56 bits per heavy atom. The van der Waals surface area contributed by atoms with E-state index >= 15 is 0 Å². The number of nitrogens with two attached hydrogens (primary N) is 1. The summed E-state index contributed by atoms with van der Waals surface area (Å²) in [5, 5.41) is 4.53. The van der Waals surface area contributed by atoms with Crippen LogP contribution in [0.4, 0.5) is 4.39 Å². The Hall–Kier alpha value is -1.46. The Bertz CT molecular complexity index is 504. The van der Waals surface area contributed by atoms with Gasteiger partial charge in [-0.05, 0) is 13.0 Å². The fourth-order valence-electron chi connectivity index (χ4n) is 1.34. The minimum atomic E-state index is -0.468. The largest absolute Gasteiger partial charge is 0.326 e. The molecule has 4 nitrogen and oxygen atoms in total. The van der Waals surface area contributed by atoms with E-state index in [0.717, 1.165) is 0 Å². The predicted octanol–water partition coefficient (Wildman–Crippen LogP) is 1.83. The molecule has 0 fully saturated rings. The van der Waals surface area contributed by atoms with Gasteiger partial charge in [0.2, 0.25) is 0 Å². The molecule has 2 aromatic rings. The number of hydrogen-bond acceptors (Lipinski definition) is 3. The summed E-state index contributed by atoms with van der Waals surface area (Å²) < 4.78 is 15.2. The lowest BCUT2D eigenvalue weighted by atomic mass is 10.2. The van der Waals surface area contributed by atoms with Crippen molar-refractivity contribution in [2.75, 3.05) is 0 Å². The molecule has 0 bridgehead atoms. The lowest BCUT2D eigenvalue weighted by molar-refractivity contribution is 0.584. The lowest BCUT2D eigenvalue weighted by Gasteiger charge is -2.04. The molecule has 84 valence electrons. The number of hydrogen-bond donors (Lipinski definition) is 1. The van der Waals surface area contributed by atoms with Crippen molar-refractivity contribution in [3.63, 3.8) is 0 Å². The monoisotopic (exact) mass is 240 g/mol. The predicted molar refractivity (Wildman–Crippen MR) is 59.0 cm³/mol. The highest BCUT2D eigenvalue weighted by Crippen LogP contribution is 2.18. The zero-order chi connectivity index (χ0) is 11.7. The summed E-state index contributed by atoms with van der Waals surface area (Å²) in [6.45, 7) is 1.86. The summed E-state index contributed by atoms with van der Waals surface area (Å²) in [4.78, 5) is 3.92. The molecule has 0 unspecified atom stereocenters. The van der Waals surface area contributed by atoms with Gasteiger partial charge in [0.1, 0.15) is 0 Å². The maximum atomic E-state index is 13.9.